The molecule has 2 aromatic heterocycles. The average Bonchev–Trinajstić information content (AvgIpc) is 3.28. The second-order valence-electron chi connectivity index (χ2n) is 9.12. The summed E-state index contributed by atoms with van der Waals surface area (Å²) in [6.07, 6.45) is 4.94. The number of benzene rings is 1. The summed E-state index contributed by atoms with van der Waals surface area (Å²) in [5, 5.41) is 12.1. The Balaban J connectivity index is 1.31. The van der Waals surface area contributed by atoms with E-state index < -0.39 is 0 Å². The van der Waals surface area contributed by atoms with Crippen LogP contribution in [0, 0.1) is 5.92 Å². The Morgan fingerprint density at radius 3 is 2.67 bits per heavy atom. The first kappa shape index (κ1) is 22.4. The van der Waals surface area contributed by atoms with Gasteiger partial charge < -0.3 is 14.7 Å². The number of thiophene rings is 1. The van der Waals surface area contributed by atoms with E-state index in [9.17, 15) is 9.90 Å². The number of nitrogens with zero attached hydrogens (tertiary/aromatic N) is 2. The van der Waals surface area contributed by atoms with Crippen LogP contribution in [-0.4, -0.2) is 46.2 Å². The van der Waals surface area contributed by atoms with Crippen LogP contribution >= 0.6 is 22.9 Å². The van der Waals surface area contributed by atoms with Crippen LogP contribution in [0.1, 0.15) is 43.0 Å². The standard InChI is InChI=1S/C26H27ClN2O3S/c1-16-5-8-29(9-6-16)26(31)18-2-3-22(23(27)10-18)24-11-19(15-33-24)17-4-7-28-25(12-17)32-21-13-20(30)14-21/h2-4,7,10-12,15-16,20-21,30H,5-6,8-9,13-14H2,1H3. The fourth-order valence-electron chi connectivity index (χ4n) is 4.33. The van der Waals surface area contributed by atoms with Crippen molar-refractivity contribution in [3.05, 3.63) is 58.6 Å². The molecule has 5 nitrogen and oxygen atoms in total. The fraction of sp³-hybridized carbons (Fsp3) is 0.385. The van der Waals surface area contributed by atoms with Gasteiger partial charge in [0, 0.05) is 54.2 Å². The van der Waals surface area contributed by atoms with Crippen LogP contribution in [0.2, 0.25) is 5.02 Å². The number of aliphatic hydroxyl groups is 1. The van der Waals surface area contributed by atoms with Gasteiger partial charge in [-0.3, -0.25) is 4.79 Å². The molecule has 3 aromatic rings. The summed E-state index contributed by atoms with van der Waals surface area (Å²) >= 11 is 8.24. The van der Waals surface area contributed by atoms with E-state index in [2.05, 4.69) is 23.4 Å². The number of pyridine rings is 1. The number of rotatable bonds is 5. The van der Waals surface area contributed by atoms with E-state index in [1.165, 1.54) is 0 Å². The maximum atomic E-state index is 12.9. The average molecular weight is 483 g/mol. The van der Waals surface area contributed by atoms with E-state index in [0.717, 1.165) is 47.5 Å². The summed E-state index contributed by atoms with van der Waals surface area (Å²) in [6, 6.07) is 11.6. The second-order valence-corrected chi connectivity index (χ2v) is 10.4. The number of hydrogen-bond donors (Lipinski definition) is 1. The minimum atomic E-state index is -0.257. The Morgan fingerprint density at radius 1 is 1.15 bits per heavy atom. The van der Waals surface area contributed by atoms with E-state index in [0.29, 0.717) is 35.2 Å². The molecule has 0 atom stereocenters. The van der Waals surface area contributed by atoms with Crippen LogP contribution in [0.4, 0.5) is 0 Å². The highest BCUT2D eigenvalue weighted by atomic mass is 35.5. The van der Waals surface area contributed by atoms with Crippen LogP contribution in [0.3, 0.4) is 0 Å². The molecule has 0 spiro atoms. The molecular weight excluding hydrogens is 456 g/mol. The lowest BCUT2D eigenvalue weighted by Gasteiger charge is -2.31. The number of hydrogen-bond acceptors (Lipinski definition) is 5. The molecule has 0 radical (unpaired) electrons. The van der Waals surface area contributed by atoms with E-state index in [1.54, 1.807) is 23.6 Å². The van der Waals surface area contributed by atoms with Crippen LogP contribution in [-0.2, 0) is 0 Å². The van der Waals surface area contributed by atoms with Crippen molar-refractivity contribution in [3.8, 4) is 27.4 Å². The zero-order chi connectivity index (χ0) is 22.9. The SMILES string of the molecule is CC1CCN(C(=O)c2ccc(-c3cc(-c4ccnc(OC5CC(O)C5)c4)cs3)c(Cl)c2)CC1. The lowest BCUT2D eigenvalue weighted by molar-refractivity contribution is -0.0128. The van der Waals surface area contributed by atoms with Crippen LogP contribution < -0.4 is 4.74 Å². The molecule has 1 aliphatic carbocycles. The smallest absolute Gasteiger partial charge is 0.253 e. The molecule has 33 heavy (non-hydrogen) atoms. The molecule has 5 rings (SSSR count). The van der Waals surface area contributed by atoms with Gasteiger partial charge in [-0.25, -0.2) is 4.98 Å². The van der Waals surface area contributed by atoms with Crippen LogP contribution in [0.5, 0.6) is 5.88 Å². The number of carbonyl (C=O) groups is 1. The van der Waals surface area contributed by atoms with Crippen molar-refractivity contribution in [1.29, 1.82) is 0 Å². The molecule has 3 heterocycles. The highest BCUT2D eigenvalue weighted by molar-refractivity contribution is 7.14. The predicted octanol–water partition coefficient (Wildman–Crippen LogP) is 5.90. The van der Waals surface area contributed by atoms with Gasteiger partial charge in [0.05, 0.1) is 11.1 Å². The van der Waals surface area contributed by atoms with Gasteiger partial charge in [-0.15, -0.1) is 11.3 Å². The molecule has 1 saturated carbocycles. The molecule has 0 bridgehead atoms. The summed E-state index contributed by atoms with van der Waals surface area (Å²) in [6.45, 7) is 3.86. The van der Waals surface area contributed by atoms with Crippen molar-refractivity contribution < 1.29 is 14.6 Å². The Kier molecular flexibility index (Phi) is 6.41. The molecule has 1 N–H and O–H groups in total. The first-order valence-electron chi connectivity index (χ1n) is 11.4. The number of likely N-dealkylation sites (tertiary alicyclic amines) is 1. The highest BCUT2D eigenvalue weighted by Gasteiger charge is 2.29. The third-order valence-corrected chi connectivity index (χ3v) is 7.85. The van der Waals surface area contributed by atoms with Gasteiger partial charge in [0.1, 0.15) is 6.10 Å². The van der Waals surface area contributed by atoms with Crippen LogP contribution in [0.25, 0.3) is 21.6 Å². The molecule has 7 heteroatoms. The monoisotopic (exact) mass is 482 g/mol. The molecule has 1 aromatic carbocycles. The first-order valence-corrected chi connectivity index (χ1v) is 12.7. The molecule has 172 valence electrons. The van der Waals surface area contributed by atoms with Crippen molar-refractivity contribution in [2.24, 2.45) is 5.92 Å². The summed E-state index contributed by atoms with van der Waals surface area (Å²) < 4.78 is 5.86. The van der Waals surface area contributed by atoms with Gasteiger partial charge >= 0.3 is 0 Å². The minimum Gasteiger partial charge on any atom is -0.474 e. The normalized spacial score (nSPS) is 21.0. The van der Waals surface area contributed by atoms with E-state index in [4.69, 9.17) is 16.3 Å². The maximum Gasteiger partial charge on any atom is 0.253 e. The molecule has 0 unspecified atom stereocenters. The van der Waals surface area contributed by atoms with Gasteiger partial charge in [-0.05, 0) is 59.5 Å². The van der Waals surface area contributed by atoms with Crippen molar-refractivity contribution in [2.75, 3.05) is 13.1 Å². The minimum absolute atomic E-state index is 0.0363. The molecular formula is C26H27ClN2O3S. The Bertz CT molecular complexity index is 1150. The van der Waals surface area contributed by atoms with Crippen molar-refractivity contribution in [1.82, 2.24) is 9.88 Å². The summed E-state index contributed by atoms with van der Waals surface area (Å²) in [7, 11) is 0. The number of piperidine rings is 1. The number of amides is 1. The zero-order valence-corrected chi connectivity index (χ0v) is 20.1. The zero-order valence-electron chi connectivity index (χ0n) is 18.5. The van der Waals surface area contributed by atoms with Crippen molar-refractivity contribution >= 4 is 28.8 Å². The largest absolute Gasteiger partial charge is 0.474 e. The number of halogens is 1. The quantitative estimate of drug-likeness (QED) is 0.491. The van der Waals surface area contributed by atoms with Gasteiger partial charge in [0.2, 0.25) is 5.88 Å². The van der Waals surface area contributed by atoms with Crippen molar-refractivity contribution in [3.63, 3.8) is 0 Å². The number of aliphatic hydroxyl groups excluding tert-OH is 1. The maximum absolute atomic E-state index is 12.9. The lowest BCUT2D eigenvalue weighted by Crippen LogP contribution is -2.37. The van der Waals surface area contributed by atoms with Gasteiger partial charge in [-0.1, -0.05) is 24.6 Å². The van der Waals surface area contributed by atoms with Gasteiger partial charge in [-0.2, -0.15) is 0 Å². The molecule has 1 saturated heterocycles. The van der Waals surface area contributed by atoms with Gasteiger partial charge in [0.25, 0.3) is 5.91 Å². The lowest BCUT2D eigenvalue weighted by atomic mass is 9.92. The van der Waals surface area contributed by atoms with Crippen molar-refractivity contribution in [2.45, 2.75) is 44.8 Å². The predicted molar refractivity (Wildman–Crippen MR) is 132 cm³/mol. The van der Waals surface area contributed by atoms with E-state index in [-0.39, 0.29) is 18.1 Å². The first-order chi connectivity index (χ1) is 16.0. The highest BCUT2D eigenvalue weighted by Crippen LogP contribution is 2.37. The van der Waals surface area contributed by atoms with Gasteiger partial charge in [0.15, 0.2) is 0 Å². The molecule has 2 fully saturated rings. The second kappa shape index (κ2) is 9.45. The third kappa shape index (κ3) is 4.93. The summed E-state index contributed by atoms with van der Waals surface area (Å²) in [5.74, 6) is 1.32. The number of ether oxygens (including phenoxy) is 1. The molecule has 1 aliphatic heterocycles. The Hall–Kier alpha value is -2.41. The number of carbonyl (C=O) groups excluding carboxylic acids is 1. The topological polar surface area (TPSA) is 62.7 Å². The third-order valence-electron chi connectivity index (χ3n) is 6.58. The Labute approximate surface area is 203 Å². The fourth-order valence-corrected chi connectivity index (χ4v) is 5.63. The molecule has 2 aliphatic rings. The van der Waals surface area contributed by atoms with E-state index >= 15 is 0 Å². The summed E-state index contributed by atoms with van der Waals surface area (Å²) in [4.78, 5) is 20.2. The van der Waals surface area contributed by atoms with Crippen LogP contribution in [0.15, 0.2) is 48.0 Å². The number of aromatic nitrogens is 1. The van der Waals surface area contributed by atoms with E-state index in [1.807, 2.05) is 29.2 Å². The molecule has 1 amide bonds. The summed E-state index contributed by atoms with van der Waals surface area (Å²) in [5.41, 5.74) is 3.65. The Morgan fingerprint density at radius 2 is 1.94 bits per heavy atom.